The van der Waals surface area contributed by atoms with Crippen molar-refractivity contribution in [2.24, 2.45) is 0 Å². The Bertz CT molecular complexity index is 1180. The monoisotopic (exact) mass is 436 g/mol. The Kier molecular flexibility index (Phi) is 5.34. The van der Waals surface area contributed by atoms with Gasteiger partial charge in [-0.1, -0.05) is 0 Å². The van der Waals surface area contributed by atoms with Crippen LogP contribution in [0.25, 0.3) is 10.9 Å². The first-order chi connectivity index (χ1) is 15.4. The van der Waals surface area contributed by atoms with E-state index < -0.39 is 5.60 Å². The van der Waals surface area contributed by atoms with Crippen molar-refractivity contribution in [1.29, 1.82) is 0 Å². The molecule has 5 rings (SSSR count). The number of benzene rings is 1. The normalized spacial score (nSPS) is 25.5. The van der Waals surface area contributed by atoms with Crippen LogP contribution < -0.4 is 10.3 Å². The molecule has 2 aliphatic rings. The van der Waals surface area contributed by atoms with Crippen LogP contribution in [0.5, 0.6) is 5.75 Å². The summed E-state index contributed by atoms with van der Waals surface area (Å²) in [4.78, 5) is 14.8. The molecule has 2 bridgehead atoms. The lowest BCUT2D eigenvalue weighted by atomic mass is 9.85. The van der Waals surface area contributed by atoms with Crippen LogP contribution in [0.3, 0.4) is 0 Å². The predicted octanol–water partition coefficient (Wildman–Crippen LogP) is 3.09. The number of ether oxygens (including phenoxy) is 1. The van der Waals surface area contributed by atoms with Gasteiger partial charge in [-0.2, -0.15) is 5.10 Å². The highest BCUT2D eigenvalue weighted by atomic mass is 16.5. The van der Waals surface area contributed by atoms with E-state index in [1.54, 1.807) is 13.2 Å². The quantitative estimate of drug-likeness (QED) is 0.643. The second-order valence-electron chi connectivity index (χ2n) is 9.48. The summed E-state index contributed by atoms with van der Waals surface area (Å²) in [6.45, 7) is 6.09. The van der Waals surface area contributed by atoms with Crippen molar-refractivity contribution >= 4 is 10.9 Å². The fourth-order valence-corrected chi connectivity index (χ4v) is 5.81. The van der Waals surface area contributed by atoms with Gasteiger partial charge in [0.1, 0.15) is 5.75 Å². The summed E-state index contributed by atoms with van der Waals surface area (Å²) in [7, 11) is 1.71. The highest BCUT2D eigenvalue weighted by Gasteiger charge is 2.47. The van der Waals surface area contributed by atoms with Crippen LogP contribution in [0.15, 0.2) is 41.3 Å². The van der Waals surface area contributed by atoms with Crippen LogP contribution in [0.1, 0.15) is 43.9 Å². The lowest BCUT2D eigenvalue weighted by Crippen LogP contribution is -2.53. The Labute approximate surface area is 188 Å². The molecule has 4 heterocycles. The van der Waals surface area contributed by atoms with E-state index in [1.807, 2.05) is 13.0 Å². The lowest BCUT2D eigenvalue weighted by molar-refractivity contribution is -0.0677. The third-order valence-electron chi connectivity index (χ3n) is 7.31. The van der Waals surface area contributed by atoms with Crippen molar-refractivity contribution < 1.29 is 9.84 Å². The standard InChI is InChI=1S/C25H32N4O3/c1-4-27-14-18(22-11-21(32-3)8-9-23(22)27)15-28-19-6-7-20(28)13-25(31,12-19)16-29-24(30)10-5-17(2)26-29/h5,8-11,14,19-20,31H,4,6-7,12-13,15-16H2,1-3H3. The van der Waals surface area contributed by atoms with Crippen molar-refractivity contribution in [3.8, 4) is 5.75 Å². The third-order valence-corrected chi connectivity index (χ3v) is 7.31. The van der Waals surface area contributed by atoms with Crippen LogP contribution in [-0.4, -0.2) is 49.1 Å². The molecule has 1 N–H and O–H groups in total. The molecule has 2 saturated heterocycles. The molecule has 170 valence electrons. The van der Waals surface area contributed by atoms with Crippen LogP contribution in [-0.2, 0) is 19.6 Å². The lowest BCUT2D eigenvalue weighted by Gasteiger charge is -2.43. The number of hydrogen-bond donors (Lipinski definition) is 1. The summed E-state index contributed by atoms with van der Waals surface area (Å²) in [5.74, 6) is 0.875. The largest absolute Gasteiger partial charge is 0.497 e. The maximum atomic E-state index is 12.2. The molecule has 2 unspecified atom stereocenters. The summed E-state index contributed by atoms with van der Waals surface area (Å²) in [5.41, 5.74) is 2.28. The third kappa shape index (κ3) is 3.73. The number of fused-ring (bicyclic) bond motifs is 3. The number of aliphatic hydroxyl groups is 1. The molecule has 7 nitrogen and oxygen atoms in total. The molecule has 1 aromatic carbocycles. The molecule has 0 saturated carbocycles. The molecule has 3 aromatic rings. The van der Waals surface area contributed by atoms with Gasteiger partial charge in [-0.25, -0.2) is 4.68 Å². The molecule has 32 heavy (non-hydrogen) atoms. The van der Waals surface area contributed by atoms with Gasteiger partial charge in [0, 0.05) is 48.3 Å². The molecule has 2 fully saturated rings. The van der Waals surface area contributed by atoms with Gasteiger partial charge in [-0.3, -0.25) is 9.69 Å². The predicted molar refractivity (Wildman–Crippen MR) is 124 cm³/mol. The van der Waals surface area contributed by atoms with E-state index in [0.717, 1.165) is 37.4 Å². The number of nitrogens with zero attached hydrogens (tertiary/aromatic N) is 4. The number of rotatable bonds is 6. The number of aromatic nitrogens is 3. The van der Waals surface area contributed by atoms with Crippen LogP contribution >= 0.6 is 0 Å². The molecule has 2 aliphatic heterocycles. The number of hydrogen-bond acceptors (Lipinski definition) is 5. The molecular weight excluding hydrogens is 404 g/mol. The van der Waals surface area contributed by atoms with Crippen molar-refractivity contribution in [3.63, 3.8) is 0 Å². The molecule has 0 aliphatic carbocycles. The fourth-order valence-electron chi connectivity index (χ4n) is 5.81. The van der Waals surface area contributed by atoms with E-state index in [1.165, 1.54) is 27.2 Å². The number of aryl methyl sites for hydroxylation is 2. The second-order valence-corrected chi connectivity index (χ2v) is 9.48. The van der Waals surface area contributed by atoms with Gasteiger partial charge >= 0.3 is 0 Å². The first-order valence-corrected chi connectivity index (χ1v) is 11.6. The zero-order valence-electron chi connectivity index (χ0n) is 19.1. The van der Waals surface area contributed by atoms with Crippen molar-refractivity contribution in [2.45, 2.75) is 76.8 Å². The minimum atomic E-state index is -0.895. The van der Waals surface area contributed by atoms with Gasteiger partial charge in [-0.05, 0) is 69.4 Å². The first-order valence-electron chi connectivity index (χ1n) is 11.6. The van der Waals surface area contributed by atoms with Gasteiger partial charge < -0.3 is 14.4 Å². The summed E-state index contributed by atoms with van der Waals surface area (Å²) in [5, 5.41) is 17.0. The number of piperidine rings is 1. The molecular formula is C25H32N4O3. The van der Waals surface area contributed by atoms with E-state index in [-0.39, 0.29) is 12.1 Å². The zero-order chi connectivity index (χ0) is 22.5. The highest BCUT2D eigenvalue weighted by molar-refractivity contribution is 5.85. The summed E-state index contributed by atoms with van der Waals surface area (Å²) >= 11 is 0. The molecule has 2 aromatic heterocycles. The molecule has 7 heteroatoms. The molecule has 0 spiro atoms. The molecule has 2 atom stereocenters. The van der Waals surface area contributed by atoms with Crippen LogP contribution in [0, 0.1) is 6.92 Å². The van der Waals surface area contributed by atoms with Gasteiger partial charge in [0.15, 0.2) is 0 Å². The smallest absolute Gasteiger partial charge is 0.266 e. The average molecular weight is 437 g/mol. The maximum absolute atomic E-state index is 12.2. The topological polar surface area (TPSA) is 72.5 Å². The number of methoxy groups -OCH3 is 1. The van der Waals surface area contributed by atoms with Gasteiger partial charge in [0.25, 0.3) is 5.56 Å². The summed E-state index contributed by atoms with van der Waals surface area (Å²) < 4.78 is 9.21. The van der Waals surface area contributed by atoms with Gasteiger partial charge in [0.05, 0.1) is 24.9 Å². The van der Waals surface area contributed by atoms with E-state index >= 15 is 0 Å². The van der Waals surface area contributed by atoms with E-state index in [9.17, 15) is 9.90 Å². The van der Waals surface area contributed by atoms with Gasteiger partial charge in [0.2, 0.25) is 0 Å². The van der Waals surface area contributed by atoms with E-state index in [2.05, 4.69) is 39.8 Å². The minimum absolute atomic E-state index is 0.153. The highest BCUT2D eigenvalue weighted by Crippen LogP contribution is 2.43. The summed E-state index contributed by atoms with van der Waals surface area (Å²) in [6.07, 6.45) is 5.76. The van der Waals surface area contributed by atoms with Crippen LogP contribution in [0.4, 0.5) is 0 Å². The SMILES string of the molecule is CCn1cc(CN2C3CCC2CC(O)(Cn2nc(C)ccc2=O)C3)c2cc(OC)ccc21. The summed E-state index contributed by atoms with van der Waals surface area (Å²) in [6, 6.07) is 10.2. The Morgan fingerprint density at radius 2 is 1.94 bits per heavy atom. The van der Waals surface area contributed by atoms with Crippen molar-refractivity contribution in [1.82, 2.24) is 19.2 Å². The molecule has 0 radical (unpaired) electrons. The second kappa shape index (κ2) is 8.05. The zero-order valence-corrected chi connectivity index (χ0v) is 19.1. The van der Waals surface area contributed by atoms with Gasteiger partial charge in [-0.15, -0.1) is 0 Å². The average Bonchev–Trinajstić information content (AvgIpc) is 3.25. The Morgan fingerprint density at radius 3 is 2.62 bits per heavy atom. The Morgan fingerprint density at radius 1 is 1.19 bits per heavy atom. The minimum Gasteiger partial charge on any atom is -0.497 e. The maximum Gasteiger partial charge on any atom is 0.266 e. The Hall–Kier alpha value is -2.64. The van der Waals surface area contributed by atoms with E-state index in [4.69, 9.17) is 4.74 Å². The fraction of sp³-hybridized carbons (Fsp3) is 0.520. The van der Waals surface area contributed by atoms with Crippen LogP contribution in [0.2, 0.25) is 0 Å². The van der Waals surface area contributed by atoms with Crippen molar-refractivity contribution in [2.75, 3.05) is 7.11 Å². The molecule has 0 amide bonds. The first kappa shape index (κ1) is 21.2. The van der Waals surface area contributed by atoms with E-state index in [0.29, 0.717) is 24.9 Å². The van der Waals surface area contributed by atoms with Crippen molar-refractivity contribution in [3.05, 3.63) is 58.1 Å². The Balaban J connectivity index is 1.39.